The van der Waals surface area contributed by atoms with Crippen LogP contribution >= 0.6 is 0 Å². The Morgan fingerprint density at radius 2 is 2.00 bits per heavy atom. The van der Waals surface area contributed by atoms with E-state index in [1.165, 1.54) is 5.56 Å². The molecule has 0 saturated carbocycles. The lowest BCUT2D eigenvalue weighted by molar-refractivity contribution is 0.256. The molecule has 1 heterocycles. The van der Waals surface area contributed by atoms with Crippen molar-refractivity contribution in [3.8, 4) is 0 Å². The molecule has 0 atom stereocenters. The Hall–Kier alpha value is -2.57. The van der Waals surface area contributed by atoms with Gasteiger partial charge in [-0.1, -0.05) is 26.0 Å². The van der Waals surface area contributed by atoms with Gasteiger partial charge in [-0.05, 0) is 42.9 Å². The Balaban J connectivity index is 1.96. The highest BCUT2D eigenvalue weighted by Gasteiger charge is 2.15. The summed E-state index contributed by atoms with van der Waals surface area (Å²) in [4.78, 5) is 17.9. The number of nitrogens with two attached hydrogens (primary N) is 1. The Morgan fingerprint density at radius 3 is 2.62 bits per heavy atom. The number of guanidine groups is 2. The summed E-state index contributed by atoms with van der Waals surface area (Å²) in [6.07, 6.45) is 3.89. The molecule has 0 aliphatic carbocycles. The molecule has 7 heteroatoms. The van der Waals surface area contributed by atoms with E-state index in [1.807, 2.05) is 24.0 Å². The molecule has 0 spiro atoms. The number of benzene rings is 1. The van der Waals surface area contributed by atoms with Crippen LogP contribution in [0.25, 0.3) is 0 Å². The smallest absolute Gasteiger partial charge is 0.326 e. The molecule has 2 amide bonds. The normalized spacial score (nSPS) is 14.6. The Kier molecular flexibility index (Phi) is 6.17. The molecule has 24 heavy (non-hydrogen) atoms. The molecule has 5 N–H and O–H groups in total. The summed E-state index contributed by atoms with van der Waals surface area (Å²) in [7, 11) is 0. The summed E-state index contributed by atoms with van der Waals surface area (Å²) in [6, 6.07) is 5.53. The largest absolute Gasteiger partial charge is 0.369 e. The van der Waals surface area contributed by atoms with Gasteiger partial charge in [0.2, 0.25) is 11.9 Å². The van der Waals surface area contributed by atoms with Crippen LogP contribution in [0, 0.1) is 5.41 Å². The second-order valence-electron chi connectivity index (χ2n) is 5.79. The predicted molar refractivity (Wildman–Crippen MR) is 97.5 cm³/mol. The lowest BCUT2D eigenvalue weighted by atomic mass is 10.0. The van der Waals surface area contributed by atoms with Gasteiger partial charge in [0.15, 0.2) is 0 Å². The van der Waals surface area contributed by atoms with Crippen molar-refractivity contribution in [1.82, 2.24) is 10.2 Å². The SMILES string of the molecule is CCc1ccc(NC(=O)N/C(N)=N/C(=N)N2CCCC2)c(CC)c1. The summed E-state index contributed by atoms with van der Waals surface area (Å²) in [5.74, 6) is 0.0134. The molecular weight excluding hydrogens is 304 g/mol. The van der Waals surface area contributed by atoms with Crippen molar-refractivity contribution >= 4 is 23.6 Å². The van der Waals surface area contributed by atoms with E-state index in [-0.39, 0.29) is 11.9 Å². The van der Waals surface area contributed by atoms with Crippen molar-refractivity contribution in [2.45, 2.75) is 39.5 Å². The number of anilines is 1. The maximum absolute atomic E-state index is 12.1. The number of rotatable bonds is 3. The van der Waals surface area contributed by atoms with Gasteiger partial charge in [0.1, 0.15) is 0 Å². The van der Waals surface area contributed by atoms with Gasteiger partial charge >= 0.3 is 6.03 Å². The van der Waals surface area contributed by atoms with Crippen LogP contribution in [0.4, 0.5) is 10.5 Å². The lowest BCUT2D eigenvalue weighted by Gasteiger charge is -2.15. The minimum absolute atomic E-state index is 0.0763. The highest BCUT2D eigenvalue weighted by molar-refractivity contribution is 6.05. The average Bonchev–Trinajstić information content (AvgIpc) is 3.09. The van der Waals surface area contributed by atoms with Crippen LogP contribution in [0.3, 0.4) is 0 Å². The molecule has 1 aliphatic rings. The number of nitrogens with zero attached hydrogens (tertiary/aromatic N) is 2. The number of urea groups is 1. The van der Waals surface area contributed by atoms with Crippen LogP contribution in [0.1, 0.15) is 37.8 Å². The zero-order chi connectivity index (χ0) is 17.5. The number of hydrogen-bond donors (Lipinski definition) is 4. The summed E-state index contributed by atoms with van der Waals surface area (Å²) in [5.41, 5.74) is 8.79. The van der Waals surface area contributed by atoms with Crippen LogP contribution in [0.2, 0.25) is 0 Å². The second-order valence-corrected chi connectivity index (χ2v) is 5.79. The van der Waals surface area contributed by atoms with Crippen LogP contribution in [0.5, 0.6) is 0 Å². The van der Waals surface area contributed by atoms with Crippen LogP contribution in [-0.4, -0.2) is 35.9 Å². The maximum atomic E-state index is 12.1. The van der Waals surface area contributed by atoms with Crippen molar-refractivity contribution in [3.05, 3.63) is 29.3 Å². The van der Waals surface area contributed by atoms with E-state index in [0.29, 0.717) is 0 Å². The number of carbonyl (C=O) groups excluding carboxylic acids is 1. The number of likely N-dealkylation sites (tertiary alicyclic amines) is 1. The van der Waals surface area contributed by atoms with Crippen LogP contribution in [0.15, 0.2) is 23.2 Å². The Labute approximate surface area is 142 Å². The molecule has 2 rings (SSSR count). The molecular formula is C17H26N6O. The first-order chi connectivity index (χ1) is 11.5. The van der Waals surface area contributed by atoms with Gasteiger partial charge < -0.3 is 16.0 Å². The summed E-state index contributed by atoms with van der Waals surface area (Å²) in [6.45, 7) is 5.77. The molecule has 1 aliphatic heterocycles. The van der Waals surface area contributed by atoms with Crippen LogP contribution < -0.4 is 16.4 Å². The van der Waals surface area contributed by atoms with Crippen molar-refractivity contribution < 1.29 is 4.79 Å². The van der Waals surface area contributed by atoms with E-state index < -0.39 is 6.03 Å². The Bertz CT molecular complexity index is 634. The van der Waals surface area contributed by atoms with Crippen molar-refractivity contribution in [3.63, 3.8) is 0 Å². The molecule has 7 nitrogen and oxygen atoms in total. The fraction of sp³-hybridized carbons (Fsp3) is 0.471. The summed E-state index contributed by atoms with van der Waals surface area (Å²) < 4.78 is 0. The molecule has 0 bridgehead atoms. The highest BCUT2D eigenvalue weighted by Crippen LogP contribution is 2.18. The fourth-order valence-corrected chi connectivity index (χ4v) is 2.69. The standard InChI is InChI=1S/C17H26N6O/c1-3-12-7-8-14(13(4-2)11-12)20-17(24)22-15(18)21-16(19)23-9-5-6-10-23/h7-8,11H,3-6,9-10H2,1-2H3,(H5,18,19,20,21,22,24). The summed E-state index contributed by atoms with van der Waals surface area (Å²) >= 11 is 0. The number of nitrogens with one attached hydrogen (secondary N) is 3. The third kappa shape index (κ3) is 4.71. The molecule has 1 saturated heterocycles. The van der Waals surface area contributed by atoms with E-state index in [9.17, 15) is 4.79 Å². The quantitative estimate of drug-likeness (QED) is 0.504. The third-order valence-electron chi connectivity index (χ3n) is 4.08. The van der Waals surface area contributed by atoms with Crippen LogP contribution in [-0.2, 0) is 12.8 Å². The van der Waals surface area contributed by atoms with Gasteiger partial charge in [0.05, 0.1) is 0 Å². The van der Waals surface area contributed by atoms with E-state index in [4.69, 9.17) is 11.1 Å². The van der Waals surface area contributed by atoms with Gasteiger partial charge in [-0.2, -0.15) is 4.99 Å². The third-order valence-corrected chi connectivity index (χ3v) is 4.08. The minimum atomic E-state index is -0.454. The molecule has 1 fully saturated rings. The van der Waals surface area contributed by atoms with Gasteiger partial charge in [0.25, 0.3) is 0 Å². The van der Waals surface area contributed by atoms with E-state index in [1.54, 1.807) is 0 Å². The zero-order valence-electron chi connectivity index (χ0n) is 14.4. The van der Waals surface area contributed by atoms with Crippen molar-refractivity contribution in [1.29, 1.82) is 5.41 Å². The number of aliphatic imine (C=N–C) groups is 1. The zero-order valence-corrected chi connectivity index (χ0v) is 14.4. The topological polar surface area (TPSA) is 107 Å². The van der Waals surface area contributed by atoms with Gasteiger partial charge in [-0.25, -0.2) is 4.79 Å². The maximum Gasteiger partial charge on any atom is 0.326 e. The van der Waals surface area contributed by atoms with Gasteiger partial charge in [-0.3, -0.25) is 10.7 Å². The van der Waals surface area contributed by atoms with E-state index >= 15 is 0 Å². The predicted octanol–water partition coefficient (Wildman–Crippen LogP) is 2.28. The minimum Gasteiger partial charge on any atom is -0.369 e. The fourth-order valence-electron chi connectivity index (χ4n) is 2.69. The van der Waals surface area contributed by atoms with Crippen molar-refractivity contribution in [2.24, 2.45) is 10.7 Å². The van der Waals surface area contributed by atoms with Gasteiger partial charge in [0, 0.05) is 18.8 Å². The second kappa shape index (κ2) is 8.33. The highest BCUT2D eigenvalue weighted by atomic mass is 16.2. The first-order valence-corrected chi connectivity index (χ1v) is 8.41. The first kappa shape index (κ1) is 17.8. The van der Waals surface area contributed by atoms with Crippen molar-refractivity contribution in [2.75, 3.05) is 18.4 Å². The molecule has 1 aromatic carbocycles. The molecule has 0 radical (unpaired) electrons. The molecule has 0 unspecified atom stereocenters. The van der Waals surface area contributed by atoms with Gasteiger partial charge in [-0.15, -0.1) is 0 Å². The average molecular weight is 330 g/mol. The number of aryl methyl sites for hydroxylation is 2. The monoisotopic (exact) mass is 330 g/mol. The molecule has 1 aromatic rings. The number of carbonyl (C=O) groups is 1. The number of amides is 2. The van der Waals surface area contributed by atoms with E-state index in [2.05, 4.69) is 28.6 Å². The summed E-state index contributed by atoms with van der Waals surface area (Å²) in [5, 5.41) is 13.1. The Morgan fingerprint density at radius 1 is 1.29 bits per heavy atom. The molecule has 130 valence electrons. The number of hydrogen-bond acceptors (Lipinski definition) is 2. The lowest BCUT2D eigenvalue weighted by Crippen LogP contribution is -2.41. The van der Waals surface area contributed by atoms with E-state index in [0.717, 1.165) is 50.0 Å². The molecule has 0 aromatic heterocycles. The first-order valence-electron chi connectivity index (χ1n) is 8.41.